The van der Waals surface area contributed by atoms with Crippen LogP contribution in [0, 0.1) is 0 Å². The molecule has 0 aromatic heterocycles. The fraction of sp³-hybridized carbons (Fsp3) is 0.667. The van der Waals surface area contributed by atoms with E-state index in [0.717, 1.165) is 4.48 Å². The Morgan fingerprint density at radius 3 is 2.80 bits per heavy atom. The van der Waals surface area contributed by atoms with Crippen LogP contribution in [0.25, 0.3) is 0 Å². The maximum Gasteiger partial charge on any atom is 0.0788 e. The lowest BCUT2D eigenvalue weighted by Gasteiger charge is -2.04. The first-order valence-electron chi connectivity index (χ1n) is 2.87. The minimum absolute atomic E-state index is 0.371. The van der Waals surface area contributed by atoms with Crippen LogP contribution in [-0.4, -0.2) is 24.4 Å². The lowest BCUT2D eigenvalue weighted by atomic mass is 10.4. The highest BCUT2D eigenvalue weighted by molar-refractivity contribution is 9.14. The molecule has 0 spiro atoms. The third-order valence-electron chi connectivity index (χ3n) is 0.717. The van der Waals surface area contributed by atoms with Gasteiger partial charge in [-0.15, -0.1) is 0 Å². The molecule has 0 bridgehead atoms. The van der Waals surface area contributed by atoms with Crippen LogP contribution in [0.1, 0.15) is 6.92 Å². The highest BCUT2D eigenvalue weighted by Gasteiger charge is 1.95. The van der Waals surface area contributed by atoms with Gasteiger partial charge in [0.05, 0.1) is 19.3 Å². The quantitative estimate of drug-likeness (QED) is 0.849. The lowest BCUT2D eigenvalue weighted by Crippen LogP contribution is -2.10. The van der Waals surface area contributed by atoms with E-state index in [2.05, 4.69) is 31.9 Å². The molecule has 0 aliphatic rings. The molecule has 0 aromatic rings. The van der Waals surface area contributed by atoms with E-state index in [1.807, 2.05) is 0 Å². The van der Waals surface area contributed by atoms with Gasteiger partial charge in [-0.05, 0) is 11.9 Å². The number of hydrogen-bond acceptors (Lipinski definition) is 2. The van der Waals surface area contributed by atoms with Crippen LogP contribution in [0.15, 0.2) is 9.47 Å². The highest BCUT2D eigenvalue weighted by atomic mass is 79.9. The average Bonchev–Trinajstić information content (AvgIpc) is 1.87. The average molecular weight is 274 g/mol. The number of halogens is 2. The van der Waals surface area contributed by atoms with Crippen molar-refractivity contribution in [2.75, 3.05) is 13.2 Å². The molecule has 0 radical (unpaired) electrons. The SMILES string of the molecule is CC(O)COC/C(Br)=C/Br. The van der Waals surface area contributed by atoms with Gasteiger partial charge in [-0.3, -0.25) is 0 Å². The van der Waals surface area contributed by atoms with Crippen LogP contribution in [-0.2, 0) is 4.74 Å². The van der Waals surface area contributed by atoms with Gasteiger partial charge < -0.3 is 9.84 Å². The third-order valence-corrected chi connectivity index (χ3v) is 2.34. The van der Waals surface area contributed by atoms with Gasteiger partial charge in [0.1, 0.15) is 0 Å². The summed E-state index contributed by atoms with van der Waals surface area (Å²) in [5.41, 5.74) is 0. The van der Waals surface area contributed by atoms with Crippen molar-refractivity contribution in [2.45, 2.75) is 13.0 Å². The second kappa shape index (κ2) is 6.34. The highest BCUT2D eigenvalue weighted by Crippen LogP contribution is 2.07. The van der Waals surface area contributed by atoms with E-state index in [-0.39, 0.29) is 0 Å². The Labute approximate surface area is 77.5 Å². The maximum absolute atomic E-state index is 8.77. The van der Waals surface area contributed by atoms with Crippen LogP contribution >= 0.6 is 31.9 Å². The fourth-order valence-electron chi connectivity index (χ4n) is 0.358. The summed E-state index contributed by atoms with van der Waals surface area (Å²) in [5, 5.41) is 8.77. The topological polar surface area (TPSA) is 29.5 Å². The zero-order valence-electron chi connectivity index (χ0n) is 5.68. The monoisotopic (exact) mass is 272 g/mol. The molecular formula is C6H10Br2O2. The second-order valence-electron chi connectivity index (χ2n) is 1.92. The Kier molecular flexibility index (Phi) is 6.73. The van der Waals surface area contributed by atoms with Gasteiger partial charge in [0.15, 0.2) is 0 Å². The number of hydrogen-bond donors (Lipinski definition) is 1. The van der Waals surface area contributed by atoms with E-state index >= 15 is 0 Å². The number of aliphatic hydroxyl groups excluding tert-OH is 1. The van der Waals surface area contributed by atoms with Gasteiger partial charge in [0, 0.05) is 4.48 Å². The Balaban J connectivity index is 3.20. The van der Waals surface area contributed by atoms with E-state index in [0.29, 0.717) is 13.2 Å². The summed E-state index contributed by atoms with van der Waals surface area (Å²) < 4.78 is 5.98. The molecule has 0 aliphatic heterocycles. The van der Waals surface area contributed by atoms with Crippen molar-refractivity contribution in [1.82, 2.24) is 0 Å². The van der Waals surface area contributed by atoms with Gasteiger partial charge in [0.25, 0.3) is 0 Å². The summed E-state index contributed by atoms with van der Waals surface area (Å²) in [6, 6.07) is 0. The zero-order valence-corrected chi connectivity index (χ0v) is 8.85. The minimum atomic E-state index is -0.393. The minimum Gasteiger partial charge on any atom is -0.391 e. The van der Waals surface area contributed by atoms with E-state index in [1.54, 1.807) is 11.9 Å². The van der Waals surface area contributed by atoms with Crippen LogP contribution in [0.2, 0.25) is 0 Å². The van der Waals surface area contributed by atoms with Crippen molar-refractivity contribution in [2.24, 2.45) is 0 Å². The number of aliphatic hydroxyl groups is 1. The van der Waals surface area contributed by atoms with Gasteiger partial charge in [-0.2, -0.15) is 0 Å². The molecule has 1 N–H and O–H groups in total. The van der Waals surface area contributed by atoms with E-state index in [1.165, 1.54) is 0 Å². The molecule has 0 aromatic carbocycles. The van der Waals surface area contributed by atoms with E-state index in [4.69, 9.17) is 9.84 Å². The first-order chi connectivity index (χ1) is 4.66. The van der Waals surface area contributed by atoms with Crippen LogP contribution in [0.4, 0.5) is 0 Å². The first-order valence-corrected chi connectivity index (χ1v) is 4.58. The van der Waals surface area contributed by atoms with Gasteiger partial charge >= 0.3 is 0 Å². The lowest BCUT2D eigenvalue weighted by molar-refractivity contribution is 0.0592. The Bertz CT molecular complexity index is 112. The molecule has 2 nitrogen and oxygen atoms in total. The second-order valence-corrected chi connectivity index (χ2v) is 3.40. The molecule has 4 heteroatoms. The summed E-state index contributed by atoms with van der Waals surface area (Å²) in [5.74, 6) is 0. The van der Waals surface area contributed by atoms with Crippen molar-refractivity contribution < 1.29 is 9.84 Å². The molecule has 10 heavy (non-hydrogen) atoms. The predicted molar refractivity (Wildman–Crippen MR) is 48.4 cm³/mol. The van der Waals surface area contributed by atoms with Crippen LogP contribution < -0.4 is 0 Å². The van der Waals surface area contributed by atoms with Crippen LogP contribution in [0.5, 0.6) is 0 Å². The molecule has 60 valence electrons. The Morgan fingerprint density at radius 2 is 2.40 bits per heavy atom. The van der Waals surface area contributed by atoms with Crippen molar-refractivity contribution in [1.29, 1.82) is 0 Å². The first kappa shape index (κ1) is 10.6. The Morgan fingerprint density at radius 1 is 1.80 bits per heavy atom. The van der Waals surface area contributed by atoms with E-state index in [9.17, 15) is 0 Å². The number of rotatable bonds is 4. The summed E-state index contributed by atoms with van der Waals surface area (Å²) in [4.78, 5) is 1.73. The van der Waals surface area contributed by atoms with Gasteiger partial charge in [-0.25, -0.2) is 0 Å². The predicted octanol–water partition coefficient (Wildman–Crippen LogP) is 2.01. The van der Waals surface area contributed by atoms with Crippen LogP contribution in [0.3, 0.4) is 0 Å². The van der Waals surface area contributed by atoms with Gasteiger partial charge in [0.2, 0.25) is 0 Å². The fourth-order valence-corrected chi connectivity index (χ4v) is 0.653. The van der Waals surface area contributed by atoms with Crippen molar-refractivity contribution in [3.8, 4) is 0 Å². The van der Waals surface area contributed by atoms with Crippen molar-refractivity contribution in [3.05, 3.63) is 9.47 Å². The molecule has 0 aliphatic carbocycles. The van der Waals surface area contributed by atoms with Crippen molar-refractivity contribution >= 4 is 31.9 Å². The normalized spacial score (nSPS) is 15.4. The molecule has 1 unspecified atom stereocenters. The van der Waals surface area contributed by atoms with Crippen molar-refractivity contribution in [3.63, 3.8) is 0 Å². The molecular weight excluding hydrogens is 264 g/mol. The Hall–Kier alpha value is 0.620. The summed E-state index contributed by atoms with van der Waals surface area (Å²) in [6.45, 7) is 2.55. The summed E-state index contributed by atoms with van der Waals surface area (Å²) in [6.07, 6.45) is -0.393. The van der Waals surface area contributed by atoms with E-state index < -0.39 is 6.10 Å². The third kappa shape index (κ3) is 6.74. The molecule has 0 amide bonds. The summed E-state index contributed by atoms with van der Waals surface area (Å²) >= 11 is 6.37. The summed E-state index contributed by atoms with van der Waals surface area (Å²) in [7, 11) is 0. The van der Waals surface area contributed by atoms with Gasteiger partial charge in [-0.1, -0.05) is 31.9 Å². The standard InChI is InChI=1S/C6H10Br2O2/c1-5(9)3-10-4-6(8)2-7/h2,5,9H,3-4H2,1H3/b6-2-. The smallest absolute Gasteiger partial charge is 0.0788 e. The number of ether oxygens (including phenoxy) is 1. The molecule has 0 saturated heterocycles. The molecule has 0 saturated carbocycles. The molecule has 0 fully saturated rings. The molecule has 0 heterocycles. The maximum atomic E-state index is 8.77. The molecule has 1 atom stereocenters. The molecule has 0 rings (SSSR count). The largest absolute Gasteiger partial charge is 0.391 e. The zero-order chi connectivity index (χ0) is 7.98.